The first-order valence-corrected chi connectivity index (χ1v) is 11.2. The van der Waals surface area contributed by atoms with Crippen LogP contribution in [0.4, 0.5) is 5.69 Å². The summed E-state index contributed by atoms with van der Waals surface area (Å²) in [6.45, 7) is 1.92. The Balaban J connectivity index is 1.87. The molecule has 1 aliphatic carbocycles. The minimum Gasteiger partial charge on any atom is -0.467 e. The van der Waals surface area contributed by atoms with Gasteiger partial charge < -0.3 is 10.1 Å². The number of benzene rings is 2. The van der Waals surface area contributed by atoms with Crippen molar-refractivity contribution in [1.29, 1.82) is 0 Å². The van der Waals surface area contributed by atoms with Crippen LogP contribution in [0, 0.1) is 6.92 Å². The third-order valence-corrected chi connectivity index (χ3v) is 7.32. The molecule has 1 saturated carbocycles. The van der Waals surface area contributed by atoms with Crippen LogP contribution >= 0.6 is 0 Å². The van der Waals surface area contributed by atoms with Gasteiger partial charge in [-0.05, 0) is 50.1 Å². The van der Waals surface area contributed by atoms with Gasteiger partial charge in [0.1, 0.15) is 5.54 Å². The lowest BCUT2D eigenvalue weighted by Gasteiger charge is -2.27. The van der Waals surface area contributed by atoms with Gasteiger partial charge in [0.15, 0.2) is 0 Å². The van der Waals surface area contributed by atoms with Gasteiger partial charge >= 0.3 is 5.97 Å². The molecule has 7 nitrogen and oxygen atoms in total. The van der Waals surface area contributed by atoms with Gasteiger partial charge in [-0.25, -0.2) is 13.2 Å². The molecule has 30 heavy (non-hydrogen) atoms. The largest absolute Gasteiger partial charge is 0.467 e. The Morgan fingerprint density at radius 1 is 1.07 bits per heavy atom. The Morgan fingerprint density at radius 3 is 2.30 bits per heavy atom. The van der Waals surface area contributed by atoms with E-state index >= 15 is 0 Å². The predicted octanol–water partition coefficient (Wildman–Crippen LogP) is 3.04. The van der Waals surface area contributed by atoms with Gasteiger partial charge in [-0.15, -0.1) is 0 Å². The molecule has 0 spiro atoms. The van der Waals surface area contributed by atoms with Gasteiger partial charge in [-0.2, -0.15) is 0 Å². The van der Waals surface area contributed by atoms with Crippen molar-refractivity contribution in [1.82, 2.24) is 5.32 Å². The Kier molecular flexibility index (Phi) is 6.17. The fraction of sp³-hybridized carbons (Fsp3) is 0.364. The third-order valence-electron chi connectivity index (χ3n) is 5.54. The lowest BCUT2D eigenvalue weighted by molar-refractivity contribution is -0.148. The van der Waals surface area contributed by atoms with Crippen LogP contribution in [0.1, 0.15) is 41.6 Å². The summed E-state index contributed by atoms with van der Waals surface area (Å²) in [7, 11) is -1.10. The first-order valence-electron chi connectivity index (χ1n) is 9.76. The van der Waals surface area contributed by atoms with Gasteiger partial charge in [0, 0.05) is 12.6 Å². The van der Waals surface area contributed by atoms with E-state index < -0.39 is 27.4 Å². The number of carbonyl (C=O) groups excluding carboxylic acids is 2. The Hall–Kier alpha value is -2.87. The molecule has 0 bridgehead atoms. The maximum absolute atomic E-state index is 13.1. The van der Waals surface area contributed by atoms with E-state index in [1.165, 1.54) is 42.7 Å². The maximum atomic E-state index is 13.1. The summed E-state index contributed by atoms with van der Waals surface area (Å²) in [4.78, 5) is 25.1. The summed E-state index contributed by atoms with van der Waals surface area (Å²) in [6, 6.07) is 12.9. The van der Waals surface area contributed by atoms with Crippen LogP contribution in [0.15, 0.2) is 53.4 Å². The average molecular weight is 431 g/mol. The van der Waals surface area contributed by atoms with Crippen molar-refractivity contribution in [3.63, 3.8) is 0 Å². The molecule has 1 fully saturated rings. The molecule has 0 saturated heterocycles. The highest BCUT2D eigenvalue weighted by atomic mass is 32.2. The number of rotatable bonds is 6. The van der Waals surface area contributed by atoms with Crippen molar-refractivity contribution in [2.75, 3.05) is 18.5 Å². The molecule has 160 valence electrons. The molecular weight excluding hydrogens is 404 g/mol. The van der Waals surface area contributed by atoms with Crippen LogP contribution < -0.4 is 9.62 Å². The van der Waals surface area contributed by atoms with Crippen molar-refractivity contribution < 1.29 is 22.7 Å². The summed E-state index contributed by atoms with van der Waals surface area (Å²) in [5, 5.41) is 2.78. The molecule has 0 radical (unpaired) electrons. The number of hydrogen-bond acceptors (Lipinski definition) is 5. The molecule has 3 rings (SSSR count). The van der Waals surface area contributed by atoms with E-state index in [0.29, 0.717) is 18.5 Å². The van der Waals surface area contributed by atoms with E-state index in [0.717, 1.165) is 18.4 Å². The average Bonchev–Trinajstić information content (AvgIpc) is 3.22. The molecule has 0 unspecified atom stereocenters. The molecule has 0 atom stereocenters. The fourth-order valence-electron chi connectivity index (χ4n) is 3.69. The summed E-state index contributed by atoms with van der Waals surface area (Å²) in [6.07, 6.45) is 2.62. The van der Waals surface area contributed by atoms with Crippen molar-refractivity contribution in [3.05, 3.63) is 59.7 Å². The molecule has 2 aromatic rings. The number of aryl methyl sites for hydroxylation is 1. The summed E-state index contributed by atoms with van der Waals surface area (Å²) >= 11 is 0. The standard InChI is InChI=1S/C22H26N2O5S/c1-16-9-11-18(12-10-16)24(2)30(27,28)19-8-6-7-17(15-19)20(25)23-22(21(26)29-3)13-4-5-14-22/h6-12,15H,4-5,13-14H2,1-3H3,(H,23,25). The van der Waals surface area contributed by atoms with Gasteiger partial charge in [0.2, 0.25) is 0 Å². The lowest BCUT2D eigenvalue weighted by atomic mass is 9.97. The van der Waals surface area contributed by atoms with Gasteiger partial charge in [-0.3, -0.25) is 9.10 Å². The highest BCUT2D eigenvalue weighted by Crippen LogP contribution is 2.31. The second-order valence-corrected chi connectivity index (χ2v) is 9.54. The van der Waals surface area contributed by atoms with E-state index in [-0.39, 0.29) is 10.5 Å². The highest BCUT2D eigenvalue weighted by Gasteiger charge is 2.43. The number of sulfonamides is 1. The van der Waals surface area contributed by atoms with Crippen LogP contribution in [0.2, 0.25) is 0 Å². The predicted molar refractivity (Wildman–Crippen MR) is 114 cm³/mol. The zero-order valence-corrected chi connectivity index (χ0v) is 18.2. The van der Waals surface area contributed by atoms with E-state index in [4.69, 9.17) is 4.74 Å². The van der Waals surface area contributed by atoms with Crippen molar-refractivity contribution in [3.8, 4) is 0 Å². The SMILES string of the molecule is COC(=O)C1(NC(=O)c2cccc(S(=O)(=O)N(C)c3ccc(C)cc3)c2)CCCC1. The molecule has 0 heterocycles. The molecule has 0 aromatic heterocycles. The highest BCUT2D eigenvalue weighted by molar-refractivity contribution is 7.92. The molecule has 1 aliphatic rings. The second kappa shape index (κ2) is 8.47. The maximum Gasteiger partial charge on any atom is 0.331 e. The van der Waals surface area contributed by atoms with E-state index in [1.807, 2.05) is 19.1 Å². The molecular formula is C22H26N2O5S. The minimum atomic E-state index is -3.86. The molecule has 8 heteroatoms. The van der Waals surface area contributed by atoms with Crippen molar-refractivity contribution in [2.24, 2.45) is 0 Å². The van der Waals surface area contributed by atoms with Gasteiger partial charge in [-0.1, -0.05) is 36.6 Å². The monoisotopic (exact) mass is 430 g/mol. The molecule has 2 aromatic carbocycles. The first-order chi connectivity index (χ1) is 14.2. The number of nitrogens with zero attached hydrogens (tertiary/aromatic N) is 1. The van der Waals surface area contributed by atoms with Crippen molar-refractivity contribution in [2.45, 2.75) is 43.0 Å². The number of carbonyl (C=O) groups is 2. The quantitative estimate of drug-likeness (QED) is 0.711. The number of hydrogen-bond donors (Lipinski definition) is 1. The van der Waals surface area contributed by atoms with Crippen LogP contribution in [0.25, 0.3) is 0 Å². The zero-order valence-electron chi connectivity index (χ0n) is 17.3. The van der Waals surface area contributed by atoms with Gasteiger partial charge in [0.25, 0.3) is 15.9 Å². The number of methoxy groups -OCH3 is 1. The smallest absolute Gasteiger partial charge is 0.331 e. The number of ether oxygens (including phenoxy) is 1. The van der Waals surface area contributed by atoms with Crippen LogP contribution in [0.5, 0.6) is 0 Å². The molecule has 0 aliphatic heterocycles. The van der Waals surface area contributed by atoms with Gasteiger partial charge in [0.05, 0.1) is 17.7 Å². The summed E-state index contributed by atoms with van der Waals surface area (Å²) in [5.74, 6) is -0.978. The second-order valence-electron chi connectivity index (χ2n) is 7.57. The van der Waals surface area contributed by atoms with E-state index in [9.17, 15) is 18.0 Å². The zero-order chi connectivity index (χ0) is 21.9. The Morgan fingerprint density at radius 2 is 1.70 bits per heavy atom. The normalized spacial score (nSPS) is 15.4. The molecule has 1 N–H and O–H groups in total. The number of nitrogens with one attached hydrogen (secondary N) is 1. The lowest BCUT2D eigenvalue weighted by Crippen LogP contribution is -2.53. The number of esters is 1. The Labute approximate surface area is 177 Å². The van der Waals surface area contributed by atoms with Crippen LogP contribution in [-0.2, 0) is 19.6 Å². The summed E-state index contributed by atoms with van der Waals surface area (Å²) in [5.41, 5.74) is 0.656. The Bertz CT molecular complexity index is 1040. The van der Waals surface area contributed by atoms with E-state index in [2.05, 4.69) is 5.32 Å². The number of anilines is 1. The summed E-state index contributed by atoms with van der Waals surface area (Å²) < 4.78 is 32.2. The number of amides is 1. The molecule has 1 amide bonds. The fourth-order valence-corrected chi connectivity index (χ4v) is 4.93. The first kappa shape index (κ1) is 21.8. The topological polar surface area (TPSA) is 92.8 Å². The van der Waals surface area contributed by atoms with Crippen molar-refractivity contribution >= 4 is 27.6 Å². The van der Waals surface area contributed by atoms with E-state index in [1.54, 1.807) is 12.1 Å². The van der Waals surface area contributed by atoms with Crippen LogP contribution in [-0.4, -0.2) is 40.0 Å². The van der Waals surface area contributed by atoms with Crippen LogP contribution in [0.3, 0.4) is 0 Å². The minimum absolute atomic E-state index is 0.00300. The third kappa shape index (κ3) is 4.18.